The van der Waals surface area contributed by atoms with E-state index in [2.05, 4.69) is 30.7 Å². The predicted molar refractivity (Wildman–Crippen MR) is 129 cm³/mol. The fraction of sp³-hybridized carbons (Fsp3) is 0.862. The molecular weight excluding hydrogens is 376 g/mol. The predicted octanol–water partition coefficient (Wildman–Crippen LogP) is 7.65. The minimum atomic E-state index is 0.574. The van der Waals surface area contributed by atoms with Crippen molar-refractivity contribution in [1.29, 1.82) is 0 Å². The molecule has 0 N–H and O–H groups in total. The van der Waals surface area contributed by atoms with Crippen molar-refractivity contribution in [1.82, 2.24) is 9.97 Å². The Balaban J connectivity index is 1.27. The van der Waals surface area contributed by atoms with Crippen molar-refractivity contribution in [2.24, 2.45) is 52.8 Å². The quantitative estimate of drug-likeness (QED) is 0.487. The van der Waals surface area contributed by atoms with Crippen molar-refractivity contribution in [3.8, 4) is 0 Å². The fourth-order valence-electron chi connectivity index (χ4n) is 9.59. The Morgan fingerprint density at radius 1 is 0.968 bits per heavy atom. The molecule has 31 heavy (non-hydrogen) atoms. The number of hydrogen-bond acceptors (Lipinski definition) is 2. The summed E-state index contributed by atoms with van der Waals surface area (Å²) in [6.07, 6.45) is 21.7. The molecule has 0 spiro atoms. The summed E-state index contributed by atoms with van der Waals surface area (Å²) in [5.41, 5.74) is 2.80. The van der Waals surface area contributed by atoms with Crippen molar-refractivity contribution in [2.45, 2.75) is 105 Å². The monoisotopic (exact) mass is 422 g/mol. The molecule has 4 unspecified atom stereocenters. The summed E-state index contributed by atoms with van der Waals surface area (Å²) in [7, 11) is 0. The first-order valence-electron chi connectivity index (χ1n) is 13.8. The standard InChI is InChI=1S/C29H46N2/c1-5-6-21-7-9-24-22(16-21)8-10-26-25(24)13-14-29(4)27(11-12-28(26)29)19(2)15-23-18-30-20(3)17-31-23/h17-19,21-22,24-28H,5-16H2,1-4H3/t19-,21-,22+,24-,25?,26?,27?,28?,29+/m0/s1. The summed E-state index contributed by atoms with van der Waals surface area (Å²) in [5, 5.41) is 0. The van der Waals surface area contributed by atoms with E-state index in [1.165, 1.54) is 50.6 Å². The first-order valence-corrected chi connectivity index (χ1v) is 13.8. The van der Waals surface area contributed by atoms with E-state index in [0.29, 0.717) is 5.41 Å². The number of hydrogen-bond donors (Lipinski definition) is 0. The minimum Gasteiger partial charge on any atom is -0.258 e. The van der Waals surface area contributed by atoms with Crippen LogP contribution in [0.5, 0.6) is 0 Å². The first kappa shape index (κ1) is 21.9. The van der Waals surface area contributed by atoms with E-state index in [1.54, 1.807) is 25.7 Å². The van der Waals surface area contributed by atoms with Gasteiger partial charge in [-0.05, 0) is 117 Å². The first-order chi connectivity index (χ1) is 15.0. The zero-order valence-electron chi connectivity index (χ0n) is 20.7. The summed E-state index contributed by atoms with van der Waals surface area (Å²) in [6, 6.07) is 0. The second-order valence-electron chi connectivity index (χ2n) is 12.5. The molecule has 2 heteroatoms. The Morgan fingerprint density at radius 3 is 2.58 bits per heavy atom. The van der Waals surface area contributed by atoms with Gasteiger partial charge < -0.3 is 0 Å². The molecular formula is C29H46N2. The fourth-order valence-corrected chi connectivity index (χ4v) is 9.59. The highest BCUT2D eigenvalue weighted by Gasteiger charge is 2.57. The van der Waals surface area contributed by atoms with Gasteiger partial charge in [-0.15, -0.1) is 0 Å². The van der Waals surface area contributed by atoms with Crippen molar-refractivity contribution < 1.29 is 0 Å². The molecule has 4 aliphatic rings. The summed E-state index contributed by atoms with van der Waals surface area (Å²) < 4.78 is 0. The zero-order chi connectivity index (χ0) is 21.6. The number of aryl methyl sites for hydroxylation is 1. The van der Waals surface area contributed by atoms with E-state index >= 15 is 0 Å². The van der Waals surface area contributed by atoms with E-state index in [4.69, 9.17) is 0 Å². The van der Waals surface area contributed by atoms with Crippen LogP contribution in [0.3, 0.4) is 0 Å². The van der Waals surface area contributed by atoms with Crippen molar-refractivity contribution >= 4 is 0 Å². The Labute approximate surface area is 191 Å². The van der Waals surface area contributed by atoms with E-state index in [1.807, 2.05) is 19.3 Å². The van der Waals surface area contributed by atoms with Gasteiger partial charge in [0.2, 0.25) is 0 Å². The average molecular weight is 423 g/mol. The summed E-state index contributed by atoms with van der Waals surface area (Å²) >= 11 is 0. The van der Waals surface area contributed by atoms with Crippen molar-refractivity contribution in [2.75, 3.05) is 0 Å². The molecule has 172 valence electrons. The van der Waals surface area contributed by atoms with Crippen LogP contribution in [0.2, 0.25) is 0 Å². The molecule has 0 saturated heterocycles. The van der Waals surface area contributed by atoms with Gasteiger partial charge in [0.05, 0.1) is 11.4 Å². The number of rotatable bonds is 5. The van der Waals surface area contributed by atoms with Crippen LogP contribution in [0.1, 0.15) is 103 Å². The third-order valence-electron chi connectivity index (χ3n) is 10.9. The SMILES string of the molecule is CCC[C@H]1CC[C@@H]2C3CC[C@@]4(C)C(CCC4[C@@H](C)Cc4cnc(C)cn4)C3CC[C@@H]2C1. The van der Waals surface area contributed by atoms with Crippen LogP contribution in [0.25, 0.3) is 0 Å². The molecule has 0 aliphatic heterocycles. The second kappa shape index (κ2) is 8.79. The highest BCUT2D eigenvalue weighted by atomic mass is 14.8. The maximum Gasteiger partial charge on any atom is 0.0589 e. The Kier molecular flexibility index (Phi) is 6.21. The lowest BCUT2D eigenvalue weighted by atomic mass is 9.48. The van der Waals surface area contributed by atoms with Crippen LogP contribution in [-0.2, 0) is 6.42 Å². The largest absolute Gasteiger partial charge is 0.258 e. The van der Waals surface area contributed by atoms with Crippen LogP contribution in [0, 0.1) is 59.7 Å². The molecule has 0 aromatic carbocycles. The summed E-state index contributed by atoms with van der Waals surface area (Å²) in [4.78, 5) is 9.19. The Morgan fingerprint density at radius 2 is 1.81 bits per heavy atom. The Hall–Kier alpha value is -0.920. The maximum atomic E-state index is 4.68. The number of nitrogens with zero attached hydrogens (tertiary/aromatic N) is 2. The van der Waals surface area contributed by atoms with Crippen molar-refractivity contribution in [3.63, 3.8) is 0 Å². The van der Waals surface area contributed by atoms with Crippen molar-refractivity contribution in [3.05, 3.63) is 23.8 Å². The smallest absolute Gasteiger partial charge is 0.0589 e. The lowest BCUT2D eigenvalue weighted by Crippen LogP contribution is -2.49. The molecule has 2 nitrogen and oxygen atoms in total. The third kappa shape index (κ3) is 3.99. The van der Waals surface area contributed by atoms with Gasteiger partial charge in [-0.2, -0.15) is 0 Å². The number of aromatic nitrogens is 2. The average Bonchev–Trinajstić information content (AvgIpc) is 3.12. The molecule has 0 amide bonds. The number of fused-ring (bicyclic) bond motifs is 5. The molecule has 1 aromatic heterocycles. The van der Waals surface area contributed by atoms with Crippen LogP contribution < -0.4 is 0 Å². The zero-order valence-corrected chi connectivity index (χ0v) is 20.7. The highest BCUT2D eigenvalue weighted by molar-refractivity contribution is 5.09. The van der Waals surface area contributed by atoms with E-state index in [9.17, 15) is 0 Å². The van der Waals surface area contributed by atoms with Crippen LogP contribution in [0.4, 0.5) is 0 Å². The van der Waals surface area contributed by atoms with Gasteiger partial charge in [-0.25, -0.2) is 0 Å². The van der Waals surface area contributed by atoms with Gasteiger partial charge in [-0.1, -0.05) is 40.0 Å². The third-order valence-corrected chi connectivity index (χ3v) is 10.9. The highest BCUT2D eigenvalue weighted by Crippen LogP contribution is 2.65. The maximum absolute atomic E-state index is 4.68. The van der Waals surface area contributed by atoms with Gasteiger partial charge in [0, 0.05) is 12.4 Å². The molecule has 5 rings (SSSR count). The second-order valence-corrected chi connectivity index (χ2v) is 12.5. The normalized spacial score (nSPS) is 43.0. The summed E-state index contributed by atoms with van der Waals surface area (Å²) in [5.74, 6) is 7.91. The lowest BCUT2D eigenvalue weighted by molar-refractivity contribution is -0.0740. The van der Waals surface area contributed by atoms with E-state index in [-0.39, 0.29) is 0 Å². The lowest BCUT2D eigenvalue weighted by Gasteiger charge is -2.57. The summed E-state index contributed by atoms with van der Waals surface area (Å²) in [6.45, 7) is 9.63. The molecule has 1 heterocycles. The van der Waals surface area contributed by atoms with Crippen LogP contribution >= 0.6 is 0 Å². The van der Waals surface area contributed by atoms with Gasteiger partial charge in [-0.3, -0.25) is 9.97 Å². The van der Waals surface area contributed by atoms with Gasteiger partial charge in [0.25, 0.3) is 0 Å². The van der Waals surface area contributed by atoms with Gasteiger partial charge in [0.1, 0.15) is 0 Å². The van der Waals surface area contributed by atoms with Crippen LogP contribution in [0.15, 0.2) is 12.4 Å². The molecule has 9 atom stereocenters. The Bertz CT molecular complexity index is 742. The molecule has 4 aliphatic carbocycles. The molecule has 0 radical (unpaired) electrons. The molecule has 4 saturated carbocycles. The van der Waals surface area contributed by atoms with E-state index < -0.39 is 0 Å². The molecule has 0 bridgehead atoms. The van der Waals surface area contributed by atoms with Gasteiger partial charge in [0.15, 0.2) is 0 Å². The molecule has 1 aromatic rings. The van der Waals surface area contributed by atoms with Gasteiger partial charge >= 0.3 is 0 Å². The van der Waals surface area contributed by atoms with Crippen LogP contribution in [-0.4, -0.2) is 9.97 Å². The minimum absolute atomic E-state index is 0.574. The topological polar surface area (TPSA) is 25.8 Å². The molecule has 4 fully saturated rings. The van der Waals surface area contributed by atoms with E-state index in [0.717, 1.165) is 59.5 Å².